The van der Waals surface area contributed by atoms with Crippen molar-refractivity contribution >= 4 is 17.7 Å². The topological polar surface area (TPSA) is 73.8 Å². The SMILES string of the molecule is CC(C)(C)OC(=O)N1CC[C@H](Oc2ccnc(COc3ccc(Cl)cc3F)n2)C1. The van der Waals surface area contributed by atoms with Crippen LogP contribution in [-0.2, 0) is 11.3 Å². The Labute approximate surface area is 173 Å². The van der Waals surface area contributed by atoms with E-state index in [-0.39, 0.29) is 24.6 Å². The summed E-state index contributed by atoms with van der Waals surface area (Å²) in [6.45, 7) is 6.43. The first-order chi connectivity index (χ1) is 13.7. The van der Waals surface area contributed by atoms with Crippen LogP contribution in [0.2, 0.25) is 5.02 Å². The first-order valence-corrected chi connectivity index (χ1v) is 9.62. The molecule has 1 fully saturated rings. The number of nitrogens with zero attached hydrogens (tertiary/aromatic N) is 3. The molecule has 1 amide bonds. The molecule has 0 unspecified atom stereocenters. The van der Waals surface area contributed by atoms with Gasteiger partial charge in [0.15, 0.2) is 17.4 Å². The predicted molar refractivity (Wildman–Crippen MR) is 105 cm³/mol. The van der Waals surface area contributed by atoms with E-state index in [4.69, 9.17) is 25.8 Å². The normalized spacial score (nSPS) is 16.6. The summed E-state index contributed by atoms with van der Waals surface area (Å²) in [5, 5.41) is 0.290. The Morgan fingerprint density at radius 2 is 2.14 bits per heavy atom. The average Bonchev–Trinajstić information content (AvgIpc) is 3.09. The average molecular weight is 424 g/mol. The van der Waals surface area contributed by atoms with Crippen molar-refractivity contribution in [2.24, 2.45) is 0 Å². The first kappa shape index (κ1) is 21.1. The zero-order chi connectivity index (χ0) is 21.0. The Morgan fingerprint density at radius 1 is 1.34 bits per heavy atom. The second-order valence-electron chi connectivity index (χ2n) is 7.63. The number of carbonyl (C=O) groups is 1. The molecular formula is C20H23ClFN3O4. The lowest BCUT2D eigenvalue weighted by Crippen LogP contribution is -2.36. The van der Waals surface area contributed by atoms with Gasteiger partial charge in [0, 0.05) is 30.3 Å². The highest BCUT2D eigenvalue weighted by molar-refractivity contribution is 6.30. The van der Waals surface area contributed by atoms with Gasteiger partial charge in [-0.05, 0) is 39.0 Å². The molecule has 9 heteroatoms. The van der Waals surface area contributed by atoms with Crippen LogP contribution in [0, 0.1) is 5.82 Å². The number of hydrogen-bond acceptors (Lipinski definition) is 6. The van der Waals surface area contributed by atoms with Gasteiger partial charge >= 0.3 is 6.09 Å². The van der Waals surface area contributed by atoms with Crippen LogP contribution >= 0.6 is 11.6 Å². The van der Waals surface area contributed by atoms with Gasteiger partial charge in [0.2, 0.25) is 5.88 Å². The molecule has 156 valence electrons. The van der Waals surface area contributed by atoms with Gasteiger partial charge in [-0.25, -0.2) is 14.2 Å². The smallest absolute Gasteiger partial charge is 0.410 e. The number of aromatic nitrogens is 2. The molecule has 2 aromatic rings. The van der Waals surface area contributed by atoms with E-state index in [1.165, 1.54) is 18.2 Å². The molecule has 1 aliphatic heterocycles. The molecule has 3 rings (SSSR count). The maximum Gasteiger partial charge on any atom is 0.410 e. The van der Waals surface area contributed by atoms with Crippen LogP contribution in [0.25, 0.3) is 0 Å². The molecule has 0 radical (unpaired) electrons. The predicted octanol–water partition coefficient (Wildman–Crippen LogP) is 4.24. The largest absolute Gasteiger partial charge is 0.483 e. The van der Waals surface area contributed by atoms with Crippen LogP contribution in [0.5, 0.6) is 11.6 Å². The number of halogens is 2. The molecular weight excluding hydrogens is 401 g/mol. The van der Waals surface area contributed by atoms with Crippen molar-refractivity contribution in [1.29, 1.82) is 0 Å². The molecule has 2 heterocycles. The summed E-state index contributed by atoms with van der Waals surface area (Å²) >= 11 is 5.73. The second-order valence-corrected chi connectivity index (χ2v) is 8.07. The number of hydrogen-bond donors (Lipinski definition) is 0. The Morgan fingerprint density at radius 3 is 2.86 bits per heavy atom. The zero-order valence-electron chi connectivity index (χ0n) is 16.5. The molecule has 0 saturated carbocycles. The number of amides is 1. The highest BCUT2D eigenvalue weighted by Crippen LogP contribution is 2.22. The van der Waals surface area contributed by atoms with Crippen LogP contribution in [0.1, 0.15) is 33.0 Å². The lowest BCUT2D eigenvalue weighted by molar-refractivity contribution is 0.0274. The second kappa shape index (κ2) is 8.82. The minimum atomic E-state index is -0.557. The van der Waals surface area contributed by atoms with E-state index in [1.54, 1.807) is 17.2 Å². The van der Waals surface area contributed by atoms with E-state index in [2.05, 4.69) is 9.97 Å². The van der Waals surface area contributed by atoms with Crippen molar-refractivity contribution in [3.8, 4) is 11.6 Å². The van der Waals surface area contributed by atoms with E-state index in [1.807, 2.05) is 20.8 Å². The molecule has 1 saturated heterocycles. The van der Waals surface area contributed by atoms with Crippen molar-refractivity contribution < 1.29 is 23.4 Å². The Balaban J connectivity index is 1.54. The van der Waals surface area contributed by atoms with E-state index >= 15 is 0 Å². The van der Waals surface area contributed by atoms with Crippen LogP contribution in [0.15, 0.2) is 30.5 Å². The number of benzene rings is 1. The molecule has 0 spiro atoms. The molecule has 1 atom stereocenters. The maximum absolute atomic E-state index is 13.8. The monoisotopic (exact) mass is 423 g/mol. The van der Waals surface area contributed by atoms with Gasteiger partial charge in [-0.15, -0.1) is 0 Å². The summed E-state index contributed by atoms with van der Waals surface area (Å²) in [5.74, 6) is 0.219. The lowest BCUT2D eigenvalue weighted by Gasteiger charge is -2.24. The highest BCUT2D eigenvalue weighted by atomic mass is 35.5. The number of rotatable bonds is 5. The van der Waals surface area contributed by atoms with Crippen LogP contribution < -0.4 is 9.47 Å². The Bertz CT molecular complexity index is 875. The van der Waals surface area contributed by atoms with Crippen molar-refractivity contribution in [3.05, 3.63) is 47.1 Å². The minimum absolute atomic E-state index is 0.0234. The van der Waals surface area contributed by atoms with Crippen LogP contribution in [0.3, 0.4) is 0 Å². The van der Waals surface area contributed by atoms with Crippen molar-refractivity contribution in [2.75, 3.05) is 13.1 Å². The molecule has 0 bridgehead atoms. The van der Waals surface area contributed by atoms with E-state index in [0.717, 1.165) is 0 Å². The molecule has 0 aliphatic carbocycles. The summed E-state index contributed by atoms with van der Waals surface area (Å²) in [7, 11) is 0. The van der Waals surface area contributed by atoms with Gasteiger partial charge in [0.25, 0.3) is 0 Å². The van der Waals surface area contributed by atoms with Crippen molar-refractivity contribution in [1.82, 2.24) is 14.9 Å². The van der Waals surface area contributed by atoms with Gasteiger partial charge in [-0.3, -0.25) is 0 Å². The van der Waals surface area contributed by atoms with Gasteiger partial charge in [0.1, 0.15) is 18.3 Å². The molecule has 1 aliphatic rings. The Hall–Kier alpha value is -2.61. The van der Waals surface area contributed by atoms with Gasteiger partial charge < -0.3 is 19.1 Å². The zero-order valence-corrected chi connectivity index (χ0v) is 17.3. The van der Waals surface area contributed by atoms with E-state index in [9.17, 15) is 9.18 Å². The quantitative estimate of drug-likeness (QED) is 0.716. The fourth-order valence-electron chi connectivity index (χ4n) is 2.74. The number of carbonyl (C=O) groups excluding carboxylic acids is 1. The standard InChI is InChI=1S/C20H23ClFN3O4/c1-20(2,3)29-19(26)25-9-7-14(11-25)28-18-6-8-23-17(24-18)12-27-16-5-4-13(21)10-15(16)22/h4-6,8,10,14H,7,9,11-12H2,1-3H3/t14-/m0/s1. The lowest BCUT2D eigenvalue weighted by atomic mass is 10.2. The van der Waals surface area contributed by atoms with Gasteiger partial charge in [-0.2, -0.15) is 4.98 Å². The summed E-state index contributed by atoms with van der Waals surface area (Å²) in [6, 6.07) is 5.79. The summed E-state index contributed by atoms with van der Waals surface area (Å²) in [4.78, 5) is 22.2. The van der Waals surface area contributed by atoms with Crippen LogP contribution in [0.4, 0.5) is 9.18 Å². The van der Waals surface area contributed by atoms with Crippen molar-refractivity contribution in [3.63, 3.8) is 0 Å². The molecule has 29 heavy (non-hydrogen) atoms. The van der Waals surface area contributed by atoms with E-state index < -0.39 is 11.4 Å². The summed E-state index contributed by atoms with van der Waals surface area (Å²) < 4.78 is 30.5. The third-order valence-corrected chi connectivity index (χ3v) is 4.25. The maximum atomic E-state index is 13.8. The van der Waals surface area contributed by atoms with Crippen LogP contribution in [-0.4, -0.2) is 45.8 Å². The summed E-state index contributed by atoms with van der Waals surface area (Å²) in [5.41, 5.74) is -0.541. The molecule has 7 nitrogen and oxygen atoms in total. The molecule has 1 aromatic heterocycles. The number of ether oxygens (including phenoxy) is 3. The fraction of sp³-hybridized carbons (Fsp3) is 0.450. The minimum Gasteiger partial charge on any atom is -0.483 e. The molecule has 1 aromatic carbocycles. The van der Waals surface area contributed by atoms with Crippen molar-refractivity contribution in [2.45, 2.75) is 45.5 Å². The number of likely N-dealkylation sites (tertiary alicyclic amines) is 1. The fourth-order valence-corrected chi connectivity index (χ4v) is 2.90. The van der Waals surface area contributed by atoms with Gasteiger partial charge in [-0.1, -0.05) is 11.6 Å². The molecule has 0 N–H and O–H groups in total. The highest BCUT2D eigenvalue weighted by Gasteiger charge is 2.31. The third kappa shape index (κ3) is 6.19. The first-order valence-electron chi connectivity index (χ1n) is 9.24. The van der Waals surface area contributed by atoms with Gasteiger partial charge in [0.05, 0.1) is 6.54 Å². The third-order valence-electron chi connectivity index (χ3n) is 4.01. The summed E-state index contributed by atoms with van der Waals surface area (Å²) in [6.07, 6.45) is 1.66. The Kier molecular flexibility index (Phi) is 6.42. The van der Waals surface area contributed by atoms with E-state index in [0.29, 0.717) is 36.2 Å².